The number of ether oxygens (including phenoxy) is 1. The third kappa shape index (κ3) is 8.30. The Morgan fingerprint density at radius 3 is 2.27 bits per heavy atom. The largest absolute Gasteiger partial charge is 0.468 e. The zero-order valence-corrected chi connectivity index (χ0v) is 16.6. The number of aliphatic hydroxyl groups excluding tert-OH is 1. The monoisotopic (exact) mass is 367 g/mol. The van der Waals surface area contributed by atoms with Gasteiger partial charge in [-0.15, -0.1) is 0 Å². The normalized spacial score (nSPS) is 19.8. The summed E-state index contributed by atoms with van der Waals surface area (Å²) in [5, 5.41) is 9.07. The Bertz CT molecular complexity index is 463. The minimum absolute atomic E-state index is 0.0624. The highest BCUT2D eigenvalue weighted by Crippen LogP contribution is 2.24. The van der Waals surface area contributed by atoms with E-state index in [0.29, 0.717) is 18.6 Å². The van der Waals surface area contributed by atoms with E-state index in [-0.39, 0.29) is 24.6 Å². The van der Waals surface area contributed by atoms with Gasteiger partial charge in [0.2, 0.25) is 5.96 Å². The van der Waals surface area contributed by atoms with Crippen LogP contribution in [0.2, 0.25) is 0 Å². The smallest absolute Gasteiger partial charge is 0.316 e. The number of hydrogen-bond donors (Lipinski definition) is 2. The van der Waals surface area contributed by atoms with Crippen LogP contribution in [-0.4, -0.2) is 42.5 Å². The Morgan fingerprint density at radius 1 is 1.08 bits per heavy atom. The first-order valence-corrected chi connectivity index (χ1v) is 10.2. The molecule has 2 atom stereocenters. The van der Waals surface area contributed by atoms with Gasteiger partial charge < -0.3 is 15.6 Å². The number of carbonyl (C=O) groups is 1. The molecular weight excluding hydrogens is 330 g/mol. The van der Waals surface area contributed by atoms with Crippen LogP contribution in [0.25, 0.3) is 0 Å². The number of rotatable bonds is 14. The van der Waals surface area contributed by atoms with Gasteiger partial charge in [0.1, 0.15) is 5.92 Å². The standard InChI is InChI=1S/C20H37N3O3/c1-3-4-5-6-7-8-9-10-11-13-16-18(19(25)26-2)17(14-12-15-24)23-20(21)22-16/h16,18,24H,3-15H2,1-2H3,(H2,21,22). The summed E-state index contributed by atoms with van der Waals surface area (Å²) in [5.74, 6) is -0.536. The SMILES string of the molecule is CCCCCCCCCCCC1N=C(N)N=C(CCCO)C1C(=O)OC. The number of methoxy groups -OCH3 is 1. The first-order chi connectivity index (χ1) is 12.6. The van der Waals surface area contributed by atoms with Crippen molar-refractivity contribution in [2.45, 2.75) is 90.0 Å². The van der Waals surface area contributed by atoms with Crippen molar-refractivity contribution in [1.82, 2.24) is 0 Å². The molecule has 0 bridgehead atoms. The number of guanidine groups is 1. The van der Waals surface area contributed by atoms with Crippen LogP contribution in [0.1, 0.15) is 84.0 Å². The average molecular weight is 368 g/mol. The lowest BCUT2D eigenvalue weighted by atomic mass is 9.87. The van der Waals surface area contributed by atoms with Crippen molar-refractivity contribution >= 4 is 17.6 Å². The van der Waals surface area contributed by atoms with Gasteiger partial charge in [-0.3, -0.25) is 4.79 Å². The molecule has 1 aliphatic heterocycles. The summed E-state index contributed by atoms with van der Waals surface area (Å²) in [6, 6.07) is -0.196. The molecule has 0 radical (unpaired) electrons. The van der Waals surface area contributed by atoms with Crippen LogP contribution in [0.3, 0.4) is 0 Å². The van der Waals surface area contributed by atoms with Crippen molar-refractivity contribution in [1.29, 1.82) is 0 Å². The molecule has 3 N–H and O–H groups in total. The lowest BCUT2D eigenvalue weighted by Gasteiger charge is -2.27. The van der Waals surface area contributed by atoms with Crippen LogP contribution in [0.15, 0.2) is 9.98 Å². The fourth-order valence-corrected chi connectivity index (χ4v) is 3.50. The molecule has 0 saturated heterocycles. The maximum atomic E-state index is 12.2. The number of carbonyl (C=O) groups excluding carboxylic acids is 1. The lowest BCUT2D eigenvalue weighted by molar-refractivity contribution is -0.143. The summed E-state index contributed by atoms with van der Waals surface area (Å²) >= 11 is 0. The second kappa shape index (κ2) is 13.7. The molecule has 0 aromatic heterocycles. The first kappa shape index (κ1) is 22.6. The molecule has 0 saturated carbocycles. The molecule has 150 valence electrons. The third-order valence-electron chi connectivity index (χ3n) is 4.95. The van der Waals surface area contributed by atoms with Crippen LogP contribution in [0, 0.1) is 5.92 Å². The van der Waals surface area contributed by atoms with Crippen molar-refractivity contribution in [2.24, 2.45) is 21.6 Å². The van der Waals surface area contributed by atoms with Crippen molar-refractivity contribution in [3.05, 3.63) is 0 Å². The first-order valence-electron chi connectivity index (χ1n) is 10.2. The number of esters is 1. The van der Waals surface area contributed by atoms with Gasteiger partial charge in [0.05, 0.1) is 13.2 Å². The van der Waals surface area contributed by atoms with E-state index in [1.54, 1.807) is 0 Å². The van der Waals surface area contributed by atoms with E-state index in [1.807, 2.05) is 0 Å². The predicted molar refractivity (Wildman–Crippen MR) is 107 cm³/mol. The van der Waals surface area contributed by atoms with Gasteiger partial charge in [-0.2, -0.15) is 0 Å². The molecule has 1 aliphatic rings. The minimum atomic E-state index is -0.465. The van der Waals surface area contributed by atoms with E-state index in [1.165, 1.54) is 52.1 Å². The molecule has 1 rings (SSSR count). The summed E-state index contributed by atoms with van der Waals surface area (Å²) in [5.41, 5.74) is 6.54. The number of nitrogens with zero attached hydrogens (tertiary/aromatic N) is 2. The summed E-state index contributed by atoms with van der Waals surface area (Å²) < 4.78 is 4.96. The Balaban J connectivity index is 2.42. The highest BCUT2D eigenvalue weighted by atomic mass is 16.5. The molecule has 1 heterocycles. The molecule has 0 fully saturated rings. The second-order valence-electron chi connectivity index (χ2n) is 7.10. The maximum absolute atomic E-state index is 12.2. The lowest BCUT2D eigenvalue weighted by Crippen LogP contribution is -2.40. The van der Waals surface area contributed by atoms with Crippen LogP contribution >= 0.6 is 0 Å². The average Bonchev–Trinajstić information content (AvgIpc) is 2.64. The fourth-order valence-electron chi connectivity index (χ4n) is 3.50. The Morgan fingerprint density at radius 2 is 1.69 bits per heavy atom. The zero-order valence-electron chi connectivity index (χ0n) is 16.6. The highest BCUT2D eigenvalue weighted by molar-refractivity contribution is 6.09. The number of hydrogen-bond acceptors (Lipinski definition) is 6. The molecule has 0 aliphatic carbocycles. The number of nitrogens with two attached hydrogens (primary N) is 1. The van der Waals surface area contributed by atoms with Crippen molar-refractivity contribution in [3.63, 3.8) is 0 Å². The molecule has 6 nitrogen and oxygen atoms in total. The zero-order chi connectivity index (χ0) is 19.2. The number of aliphatic imine (C=N–C) groups is 2. The van der Waals surface area contributed by atoms with Crippen LogP contribution in [0.5, 0.6) is 0 Å². The van der Waals surface area contributed by atoms with Gasteiger partial charge in [-0.1, -0.05) is 64.7 Å². The van der Waals surface area contributed by atoms with E-state index < -0.39 is 5.92 Å². The van der Waals surface area contributed by atoms with E-state index >= 15 is 0 Å². The van der Waals surface area contributed by atoms with Crippen LogP contribution < -0.4 is 5.73 Å². The van der Waals surface area contributed by atoms with Crippen LogP contribution in [-0.2, 0) is 9.53 Å². The molecular formula is C20H37N3O3. The molecule has 0 aromatic carbocycles. The van der Waals surface area contributed by atoms with E-state index in [4.69, 9.17) is 15.6 Å². The number of aliphatic hydroxyl groups is 1. The Kier molecular flexibility index (Phi) is 11.9. The minimum Gasteiger partial charge on any atom is -0.468 e. The summed E-state index contributed by atoms with van der Waals surface area (Å²) in [6.45, 7) is 2.30. The summed E-state index contributed by atoms with van der Waals surface area (Å²) in [7, 11) is 1.39. The predicted octanol–water partition coefficient (Wildman–Crippen LogP) is 3.61. The van der Waals surface area contributed by atoms with E-state index in [2.05, 4.69) is 16.9 Å². The molecule has 2 unspecified atom stereocenters. The third-order valence-corrected chi connectivity index (χ3v) is 4.95. The molecule has 0 spiro atoms. The Labute approximate surface area is 158 Å². The van der Waals surface area contributed by atoms with Gasteiger partial charge in [-0.25, -0.2) is 9.98 Å². The summed E-state index contributed by atoms with van der Waals surface area (Å²) in [6.07, 6.45) is 13.2. The van der Waals surface area contributed by atoms with Crippen molar-refractivity contribution in [3.8, 4) is 0 Å². The van der Waals surface area contributed by atoms with Gasteiger partial charge in [0.15, 0.2) is 0 Å². The quantitative estimate of drug-likeness (QED) is 0.362. The molecule has 6 heteroatoms. The molecule has 0 aromatic rings. The van der Waals surface area contributed by atoms with E-state index in [0.717, 1.165) is 19.3 Å². The van der Waals surface area contributed by atoms with Gasteiger partial charge in [0, 0.05) is 12.3 Å². The topological polar surface area (TPSA) is 97.3 Å². The van der Waals surface area contributed by atoms with Crippen molar-refractivity contribution in [2.75, 3.05) is 13.7 Å². The maximum Gasteiger partial charge on any atom is 0.316 e. The van der Waals surface area contributed by atoms with Gasteiger partial charge >= 0.3 is 5.97 Å². The molecule has 0 amide bonds. The second-order valence-corrected chi connectivity index (χ2v) is 7.10. The van der Waals surface area contributed by atoms with Crippen molar-refractivity contribution < 1.29 is 14.6 Å². The van der Waals surface area contributed by atoms with Gasteiger partial charge in [0.25, 0.3) is 0 Å². The number of unbranched alkanes of at least 4 members (excludes halogenated alkanes) is 8. The molecule has 26 heavy (non-hydrogen) atoms. The fraction of sp³-hybridized carbons (Fsp3) is 0.850. The Hall–Kier alpha value is -1.43. The highest BCUT2D eigenvalue weighted by Gasteiger charge is 2.35. The van der Waals surface area contributed by atoms with Crippen LogP contribution in [0.4, 0.5) is 0 Å². The van der Waals surface area contributed by atoms with E-state index in [9.17, 15) is 4.79 Å². The summed E-state index contributed by atoms with van der Waals surface area (Å²) in [4.78, 5) is 20.9. The van der Waals surface area contributed by atoms with Gasteiger partial charge in [-0.05, 0) is 19.3 Å².